The predicted octanol–water partition coefficient (Wildman–Crippen LogP) is 4.22. The van der Waals surface area contributed by atoms with Crippen LogP contribution in [0.5, 0.6) is 0 Å². The number of nitrogens with zero attached hydrogens (tertiary/aromatic N) is 4. The summed E-state index contributed by atoms with van der Waals surface area (Å²) in [7, 11) is 0. The zero-order valence-electron chi connectivity index (χ0n) is 12.7. The molecule has 2 aromatic heterocycles. The fourth-order valence-corrected chi connectivity index (χ4v) is 3.42. The van der Waals surface area contributed by atoms with Gasteiger partial charge in [-0.15, -0.1) is 11.6 Å². The minimum absolute atomic E-state index is 0.0602. The van der Waals surface area contributed by atoms with Crippen LogP contribution in [0.25, 0.3) is 11.2 Å². The average Bonchev–Trinajstić information content (AvgIpc) is 2.93. The van der Waals surface area contributed by atoms with Gasteiger partial charge < -0.3 is 4.57 Å². The summed E-state index contributed by atoms with van der Waals surface area (Å²) in [6, 6.07) is 0.567. The largest absolute Gasteiger partial charge is 0.308 e. The molecule has 1 fully saturated rings. The van der Waals surface area contributed by atoms with Crippen molar-refractivity contribution in [3.05, 3.63) is 11.5 Å². The molecule has 5 heteroatoms. The SMILES string of the molecule is CCCC1CC1n1c(C(C)Cl)nc2c(C)nn(CC)c21. The molecule has 1 saturated carbocycles. The zero-order valence-corrected chi connectivity index (χ0v) is 13.5. The summed E-state index contributed by atoms with van der Waals surface area (Å²) >= 11 is 6.37. The van der Waals surface area contributed by atoms with Crippen molar-refractivity contribution in [2.75, 3.05) is 0 Å². The van der Waals surface area contributed by atoms with E-state index in [1.165, 1.54) is 19.3 Å². The van der Waals surface area contributed by atoms with Crippen LogP contribution in [0.15, 0.2) is 0 Å². The number of fused-ring (bicyclic) bond motifs is 1. The summed E-state index contributed by atoms with van der Waals surface area (Å²) in [4.78, 5) is 4.78. The molecular formula is C15H23ClN4. The molecule has 0 spiro atoms. The van der Waals surface area contributed by atoms with E-state index in [9.17, 15) is 0 Å². The summed E-state index contributed by atoms with van der Waals surface area (Å²) in [5, 5.41) is 4.54. The van der Waals surface area contributed by atoms with Crippen LogP contribution in [-0.2, 0) is 6.54 Å². The second kappa shape index (κ2) is 5.06. The van der Waals surface area contributed by atoms with E-state index in [0.29, 0.717) is 6.04 Å². The molecule has 0 N–H and O–H groups in total. The molecule has 20 heavy (non-hydrogen) atoms. The highest BCUT2D eigenvalue weighted by Crippen LogP contribution is 2.49. The van der Waals surface area contributed by atoms with Crippen LogP contribution in [0.3, 0.4) is 0 Å². The standard InChI is InChI=1S/C15H23ClN4/c1-5-7-11-8-12(11)20-14(9(3)16)17-13-10(4)18-19(6-2)15(13)20/h9,11-12H,5-8H2,1-4H3. The van der Waals surface area contributed by atoms with Crippen molar-refractivity contribution in [2.45, 2.75) is 64.9 Å². The van der Waals surface area contributed by atoms with E-state index in [1.807, 2.05) is 13.8 Å². The van der Waals surface area contributed by atoms with E-state index in [0.717, 1.165) is 35.1 Å². The van der Waals surface area contributed by atoms with Gasteiger partial charge in [0.1, 0.15) is 11.3 Å². The molecule has 1 aliphatic rings. The van der Waals surface area contributed by atoms with Gasteiger partial charge in [0.2, 0.25) is 0 Å². The first-order valence-corrected chi connectivity index (χ1v) is 8.11. The summed E-state index contributed by atoms with van der Waals surface area (Å²) in [5.74, 6) is 1.79. The van der Waals surface area contributed by atoms with Gasteiger partial charge in [-0.3, -0.25) is 0 Å². The van der Waals surface area contributed by atoms with Gasteiger partial charge in [-0.1, -0.05) is 13.3 Å². The number of hydrogen-bond acceptors (Lipinski definition) is 2. The molecule has 0 radical (unpaired) electrons. The lowest BCUT2D eigenvalue weighted by atomic mass is 10.2. The van der Waals surface area contributed by atoms with Gasteiger partial charge in [-0.2, -0.15) is 5.10 Å². The number of imidazole rings is 1. The van der Waals surface area contributed by atoms with Gasteiger partial charge in [0.15, 0.2) is 5.65 Å². The Morgan fingerprint density at radius 3 is 2.75 bits per heavy atom. The van der Waals surface area contributed by atoms with Crippen molar-refractivity contribution in [3.63, 3.8) is 0 Å². The van der Waals surface area contributed by atoms with Gasteiger partial charge in [-0.25, -0.2) is 9.67 Å². The average molecular weight is 295 g/mol. The second-order valence-corrected chi connectivity index (χ2v) is 6.54. The van der Waals surface area contributed by atoms with E-state index in [2.05, 4.69) is 28.2 Å². The highest BCUT2D eigenvalue weighted by Gasteiger charge is 2.41. The fourth-order valence-electron chi connectivity index (χ4n) is 3.26. The van der Waals surface area contributed by atoms with Crippen LogP contribution < -0.4 is 0 Å². The highest BCUT2D eigenvalue weighted by atomic mass is 35.5. The summed E-state index contributed by atoms with van der Waals surface area (Å²) in [6.07, 6.45) is 3.79. The van der Waals surface area contributed by atoms with Gasteiger partial charge >= 0.3 is 0 Å². The van der Waals surface area contributed by atoms with Crippen molar-refractivity contribution >= 4 is 22.8 Å². The topological polar surface area (TPSA) is 35.6 Å². The Labute approximate surface area is 125 Å². The number of halogens is 1. The molecule has 3 unspecified atom stereocenters. The Bertz CT molecular complexity index is 625. The molecule has 0 amide bonds. The lowest BCUT2D eigenvalue weighted by Crippen LogP contribution is -2.09. The lowest BCUT2D eigenvalue weighted by Gasteiger charge is -2.11. The maximum Gasteiger partial charge on any atom is 0.159 e. The van der Waals surface area contributed by atoms with Crippen LogP contribution in [0.2, 0.25) is 0 Å². The van der Waals surface area contributed by atoms with Gasteiger partial charge in [-0.05, 0) is 39.5 Å². The molecule has 2 heterocycles. The van der Waals surface area contributed by atoms with Crippen LogP contribution in [0.1, 0.15) is 63.0 Å². The minimum Gasteiger partial charge on any atom is -0.308 e. The molecule has 3 rings (SSSR count). The minimum atomic E-state index is -0.0602. The summed E-state index contributed by atoms with van der Waals surface area (Å²) in [6.45, 7) is 9.30. The van der Waals surface area contributed by atoms with E-state index in [-0.39, 0.29) is 5.38 Å². The molecule has 0 bridgehead atoms. The van der Waals surface area contributed by atoms with Crippen molar-refractivity contribution < 1.29 is 0 Å². The van der Waals surface area contributed by atoms with Crippen LogP contribution in [0.4, 0.5) is 0 Å². The molecule has 2 aromatic rings. The summed E-state index contributed by atoms with van der Waals surface area (Å²) < 4.78 is 4.44. The summed E-state index contributed by atoms with van der Waals surface area (Å²) in [5.41, 5.74) is 3.19. The van der Waals surface area contributed by atoms with E-state index < -0.39 is 0 Å². The molecular weight excluding hydrogens is 272 g/mol. The van der Waals surface area contributed by atoms with Gasteiger partial charge in [0.25, 0.3) is 0 Å². The monoisotopic (exact) mass is 294 g/mol. The van der Waals surface area contributed by atoms with E-state index >= 15 is 0 Å². The molecule has 110 valence electrons. The highest BCUT2D eigenvalue weighted by molar-refractivity contribution is 6.20. The normalized spacial score (nSPS) is 23.4. The number of hydrogen-bond donors (Lipinski definition) is 0. The number of aryl methyl sites for hydroxylation is 2. The third-order valence-corrected chi connectivity index (χ3v) is 4.50. The Hall–Kier alpha value is -1.03. The third kappa shape index (κ3) is 2.05. The van der Waals surface area contributed by atoms with Crippen LogP contribution in [-0.4, -0.2) is 19.3 Å². The Morgan fingerprint density at radius 2 is 2.15 bits per heavy atom. The molecule has 3 atom stereocenters. The predicted molar refractivity (Wildman–Crippen MR) is 82.2 cm³/mol. The number of aromatic nitrogens is 4. The molecule has 1 aliphatic carbocycles. The first-order chi connectivity index (χ1) is 9.58. The Balaban J connectivity index is 2.14. The molecule has 0 saturated heterocycles. The van der Waals surface area contributed by atoms with Gasteiger partial charge in [0.05, 0.1) is 11.1 Å². The molecule has 4 nitrogen and oxygen atoms in total. The van der Waals surface area contributed by atoms with E-state index in [4.69, 9.17) is 16.6 Å². The number of rotatable bonds is 5. The fraction of sp³-hybridized carbons (Fsp3) is 0.733. The van der Waals surface area contributed by atoms with E-state index in [1.54, 1.807) is 0 Å². The van der Waals surface area contributed by atoms with Crippen molar-refractivity contribution in [2.24, 2.45) is 5.92 Å². The van der Waals surface area contributed by atoms with Crippen molar-refractivity contribution in [3.8, 4) is 0 Å². The quantitative estimate of drug-likeness (QED) is 0.774. The first-order valence-electron chi connectivity index (χ1n) is 7.67. The molecule has 0 aromatic carbocycles. The maximum absolute atomic E-state index is 6.37. The van der Waals surface area contributed by atoms with Crippen molar-refractivity contribution in [1.82, 2.24) is 19.3 Å². The Kier molecular flexibility index (Phi) is 3.53. The van der Waals surface area contributed by atoms with Crippen molar-refractivity contribution in [1.29, 1.82) is 0 Å². The second-order valence-electron chi connectivity index (χ2n) is 5.88. The zero-order chi connectivity index (χ0) is 14.4. The molecule has 0 aliphatic heterocycles. The smallest absolute Gasteiger partial charge is 0.159 e. The Morgan fingerprint density at radius 1 is 1.40 bits per heavy atom. The van der Waals surface area contributed by atoms with Crippen LogP contribution in [0, 0.1) is 12.8 Å². The van der Waals surface area contributed by atoms with Gasteiger partial charge in [0, 0.05) is 12.6 Å². The van der Waals surface area contributed by atoms with Crippen LogP contribution >= 0.6 is 11.6 Å². The first kappa shape index (κ1) is 13.9. The third-order valence-electron chi connectivity index (χ3n) is 4.30. The maximum atomic E-state index is 6.37. The lowest BCUT2D eigenvalue weighted by molar-refractivity contribution is 0.572. The number of alkyl halides is 1.